The molecule has 11 N–H and O–H groups in total. The zero-order chi connectivity index (χ0) is 80.5. The summed E-state index contributed by atoms with van der Waals surface area (Å²) in [6.07, 6.45) is 27.6. The van der Waals surface area contributed by atoms with Crippen LogP contribution >= 0.6 is 75.9 Å². The quantitative estimate of drug-likeness (QED) is 0.0280. The molecule has 8 saturated carbocycles. The molecule has 4 aromatic rings. The molecule has 12 aliphatic carbocycles. The number of nitrogens with zero attached hydrogens (tertiary/aromatic N) is 4. The van der Waals surface area contributed by atoms with Crippen LogP contribution in [0.15, 0.2) is 95.7 Å². The molecule has 34 heteroatoms. The topological polar surface area (TPSA) is 372 Å². The van der Waals surface area contributed by atoms with E-state index in [4.69, 9.17) is 67.2 Å². The van der Waals surface area contributed by atoms with E-state index in [-0.39, 0.29) is 155 Å². The molecular formula is C81H101BBr4N10Na2O16S. The van der Waals surface area contributed by atoms with E-state index in [1.165, 1.54) is 21.6 Å². The number of urea groups is 2. The summed E-state index contributed by atoms with van der Waals surface area (Å²) in [5.41, 5.74) is 11.1. The largest absolute Gasteiger partial charge is 1.00 e. The van der Waals surface area contributed by atoms with E-state index in [2.05, 4.69) is 144 Å². The second kappa shape index (κ2) is 35.9. The Kier molecular flexibility index (Phi) is 28.2. The Balaban J connectivity index is 0.000000144. The van der Waals surface area contributed by atoms with E-state index >= 15 is 0 Å². The van der Waals surface area contributed by atoms with Gasteiger partial charge in [0.1, 0.15) is 0 Å². The predicted octanol–water partition coefficient (Wildman–Crippen LogP) is 4.37. The van der Waals surface area contributed by atoms with Gasteiger partial charge in [-0.2, -0.15) is 0 Å². The van der Waals surface area contributed by atoms with Crippen LogP contribution in [0.1, 0.15) is 200 Å². The number of hydrogen-bond donors (Lipinski definition) is 9. The molecule has 610 valence electrons. The Morgan fingerprint density at radius 2 is 0.826 bits per heavy atom. The molecule has 16 aliphatic rings. The number of fused-ring (bicyclic) bond motifs is 12. The number of methoxy groups -OCH3 is 4. The van der Waals surface area contributed by atoms with Crippen molar-refractivity contribution in [3.05, 3.63) is 135 Å². The van der Waals surface area contributed by atoms with Crippen molar-refractivity contribution in [1.82, 2.24) is 36.0 Å². The molecule has 4 heterocycles. The van der Waals surface area contributed by atoms with Crippen molar-refractivity contribution >= 4 is 136 Å². The van der Waals surface area contributed by atoms with Gasteiger partial charge in [0.25, 0.3) is 30.1 Å². The SMILES string of the molecule is COC1CCC2(CC1)Cc1ccc(Br)cc1C21N=C(N)N(C2CC2)C1=O.COC1CCC2(CC1)Cc1ccc(Br)cc1C21NC(=O)N(C2CC2)C1=O.COC1CCC2(CC1)Cc1ccc(Br)cc1C21NC(=O)NC1=O.COC1CCC2(CC1)Cc1ccc(Br)cc1C21NC(=S)N(C2CC2)C1=O.NO.O=CO[O-].OB(O)C1CC1.[H-].[Na+].[Na+]. The summed E-state index contributed by atoms with van der Waals surface area (Å²) in [7, 11) is 6.04. The van der Waals surface area contributed by atoms with E-state index in [1.807, 2.05) is 29.2 Å². The van der Waals surface area contributed by atoms with Crippen molar-refractivity contribution in [1.29, 1.82) is 0 Å². The van der Waals surface area contributed by atoms with Crippen LogP contribution < -0.4 is 97.3 Å². The van der Waals surface area contributed by atoms with Crippen molar-refractivity contribution in [2.45, 2.75) is 250 Å². The van der Waals surface area contributed by atoms with Gasteiger partial charge >= 0.3 is 78.3 Å². The number of aliphatic imine (C=N–C) groups is 1. The van der Waals surface area contributed by atoms with Crippen LogP contribution in [0, 0.1) is 21.7 Å². The molecule has 115 heavy (non-hydrogen) atoms. The van der Waals surface area contributed by atoms with E-state index < -0.39 is 35.3 Å². The summed E-state index contributed by atoms with van der Waals surface area (Å²) in [6, 6.07) is 25.0. The number of benzene rings is 4. The number of rotatable bonds is 9. The third-order valence-corrected chi connectivity index (χ3v) is 30.2. The number of amides is 8. The fraction of sp³-hybridized carbons (Fsp3) is 0.593. The normalized spacial score (nSPS) is 32.9. The van der Waals surface area contributed by atoms with E-state index in [9.17, 15) is 28.8 Å². The Morgan fingerprint density at radius 3 is 1.17 bits per heavy atom. The maximum absolute atomic E-state index is 13.8. The molecule has 8 spiro atoms. The van der Waals surface area contributed by atoms with Crippen LogP contribution in [-0.2, 0) is 95.6 Å². The first kappa shape index (κ1) is 90.4. The number of thiocarbonyl (C=S) groups is 1. The van der Waals surface area contributed by atoms with Gasteiger partial charge in [0, 0.05) is 86.1 Å². The molecule has 0 radical (unpaired) electrons. The van der Waals surface area contributed by atoms with Gasteiger partial charge in [-0.1, -0.05) is 101 Å². The predicted molar refractivity (Wildman–Crippen MR) is 434 cm³/mol. The van der Waals surface area contributed by atoms with Gasteiger partial charge < -0.3 is 67.5 Å². The third kappa shape index (κ3) is 15.8. The molecular weight excluding hydrogens is 1780 g/mol. The standard InChI is InChI=1S/C20H24BrN3O2.C20H23BrN2O3.C20H23BrN2O2S.C17H19BrN2O3.C3H7BO2.CH2O3.H3NO.2Na.H/c1-26-15-6-8-19(9-7-15)11-12-2-3-13(21)10-16(12)20(19)17(25)24(14-4-5-14)18(22)23-20;1-26-15-6-8-19(9-7-15)11-12-2-3-13(21)10-16(12)20(19)17(24)23(14-4-5-14)18(25)22-20;1-25-15-6-8-19(9-7-15)11-12-2-3-13(21)10-16(12)20(19)17(24)23(14-4-5-14)18(26)22-20;1-23-12-4-6-16(7-5-12)9-10-2-3-11(18)8-13(10)17(16)14(21)19-15(22)20-17;5-4(6)3-1-2-3;2-1-4-3;1-2;;;/h2-3,10,14-15H,4-9,11H2,1H3,(H2,22,23);2-3,10,14-15H,4-9,11H2,1H3,(H,22,25);2-3,10,14-15H,4-9,11H2,1H3,(H,22,26);2-3,8,12H,4-7,9H2,1H3,(H2,19,20,21,22);3,5-6H,1-2H2;1,3H;2H,1H2;;;/q;;;;;;;2*+1;-1/p-1. The van der Waals surface area contributed by atoms with E-state index in [0.717, 1.165) is 225 Å². The molecule has 4 atom stereocenters. The Bertz CT molecular complexity index is 4280. The minimum Gasteiger partial charge on any atom is -1.00 e. The molecule has 8 amide bonds. The third-order valence-electron chi connectivity index (χ3n) is 27.9. The Hall–Kier alpha value is -3.85. The number of carbonyl (C=O) groups excluding carboxylic acids is 7. The minimum absolute atomic E-state index is 0. The van der Waals surface area contributed by atoms with Crippen molar-refractivity contribution < 1.29 is 138 Å². The second-order valence-corrected chi connectivity index (χ2v) is 37.7. The van der Waals surface area contributed by atoms with Crippen molar-refractivity contribution in [3.8, 4) is 0 Å². The monoisotopic (exact) mass is 1870 g/mol. The number of hydrogen-bond acceptors (Lipinski definition) is 20. The molecule has 0 aromatic heterocycles. The van der Waals surface area contributed by atoms with Crippen molar-refractivity contribution in [2.24, 2.45) is 38.3 Å². The molecule has 4 aliphatic heterocycles. The van der Waals surface area contributed by atoms with Crippen LogP contribution in [-0.4, -0.2) is 161 Å². The first-order valence-corrected chi connectivity index (χ1v) is 43.1. The number of nitrogens with two attached hydrogens (primary N) is 2. The summed E-state index contributed by atoms with van der Waals surface area (Å²) in [4.78, 5) is 100. The first-order chi connectivity index (χ1) is 54.2. The average Bonchev–Trinajstić information content (AvgIpc) is 1.53. The molecule has 3 saturated heterocycles. The van der Waals surface area contributed by atoms with Gasteiger partial charge in [-0.25, -0.2) is 20.5 Å². The fourth-order valence-electron chi connectivity index (χ4n) is 21.7. The zero-order valence-corrected chi connectivity index (χ0v) is 77.2. The Morgan fingerprint density at radius 1 is 0.496 bits per heavy atom. The summed E-state index contributed by atoms with van der Waals surface area (Å²) < 4.78 is 26.1. The van der Waals surface area contributed by atoms with Crippen LogP contribution in [0.3, 0.4) is 0 Å². The molecule has 20 rings (SSSR count). The number of guanidine groups is 1. The summed E-state index contributed by atoms with van der Waals surface area (Å²) >= 11 is 19.9. The van der Waals surface area contributed by atoms with E-state index in [0.29, 0.717) is 23.2 Å². The fourth-order valence-corrected chi connectivity index (χ4v) is 23.5. The number of imide groups is 2. The molecule has 26 nitrogen and oxygen atoms in total. The van der Waals surface area contributed by atoms with Gasteiger partial charge in [-0.05, 0) is 278 Å². The maximum Gasteiger partial charge on any atom is 1.00 e. The van der Waals surface area contributed by atoms with Gasteiger partial charge in [0.05, 0.1) is 24.4 Å². The number of nitrogens with one attached hydrogen (secondary N) is 4. The van der Waals surface area contributed by atoms with Crippen LogP contribution in [0.5, 0.6) is 0 Å². The summed E-state index contributed by atoms with van der Waals surface area (Å²) in [5, 5.41) is 44.3. The van der Waals surface area contributed by atoms with Gasteiger partial charge in [0.15, 0.2) is 33.2 Å². The minimum atomic E-state index is -1.04. The first-order valence-electron chi connectivity index (χ1n) is 39.5. The second-order valence-electron chi connectivity index (χ2n) is 33.6. The van der Waals surface area contributed by atoms with Crippen LogP contribution in [0.25, 0.3) is 0 Å². The maximum atomic E-state index is 13.8. The molecule has 11 fully saturated rings. The van der Waals surface area contributed by atoms with Crippen molar-refractivity contribution in [3.63, 3.8) is 0 Å². The zero-order valence-electron chi connectivity index (χ0n) is 67.0. The molecule has 4 aromatic carbocycles. The molecule has 0 bridgehead atoms. The van der Waals surface area contributed by atoms with Gasteiger partial charge in [-0.15, -0.1) is 0 Å². The van der Waals surface area contributed by atoms with Gasteiger partial charge in [0.2, 0.25) is 0 Å². The van der Waals surface area contributed by atoms with Crippen LogP contribution in [0.2, 0.25) is 5.82 Å². The van der Waals surface area contributed by atoms with Gasteiger partial charge in [-0.3, -0.25) is 44.0 Å². The number of carbonyl (C=O) groups is 7. The smallest absolute Gasteiger partial charge is 1.00 e. The van der Waals surface area contributed by atoms with Crippen molar-refractivity contribution in [2.75, 3.05) is 28.4 Å². The van der Waals surface area contributed by atoms with E-state index in [1.54, 1.807) is 33.3 Å². The summed E-state index contributed by atoms with van der Waals surface area (Å²) in [6.45, 7) is -0.181. The number of ether oxygens (including phenoxy) is 4. The number of halogens is 4. The Labute approximate surface area is 755 Å². The average molecular weight is 1880 g/mol. The summed E-state index contributed by atoms with van der Waals surface area (Å²) in [5.74, 6) is 4.17. The van der Waals surface area contributed by atoms with Crippen LogP contribution in [0.4, 0.5) is 9.59 Å². The molecule has 4 unspecified atom stereocenters.